The molecule has 0 saturated heterocycles. The maximum atomic E-state index is 3.13. The Hall–Kier alpha value is 0.466. The average molecular weight is 390 g/mol. The van der Waals surface area contributed by atoms with Gasteiger partial charge >= 0.3 is 23.1 Å². The van der Waals surface area contributed by atoms with E-state index in [1.807, 2.05) is 0 Å². The van der Waals surface area contributed by atoms with E-state index in [-0.39, 0.29) is 40.0 Å². The van der Waals surface area contributed by atoms with Gasteiger partial charge in [-0.25, -0.2) is 0 Å². The van der Waals surface area contributed by atoms with Crippen molar-refractivity contribution in [2.24, 2.45) is 5.92 Å². The summed E-state index contributed by atoms with van der Waals surface area (Å²) in [6, 6.07) is 11.8. The molecule has 0 aromatic heterocycles. The summed E-state index contributed by atoms with van der Waals surface area (Å²) in [6.45, 7) is 2.30. The van der Waals surface area contributed by atoms with Crippen molar-refractivity contribution in [1.82, 2.24) is 0 Å². The SMILES string of the molecule is CCCCCCCCCC1CCC(c2cc[c-]cc2)CC1.[Br-].[Mg+2]. The molecule has 1 aromatic carbocycles. The molecule has 0 radical (unpaired) electrons. The van der Waals surface area contributed by atoms with Gasteiger partial charge in [0.25, 0.3) is 0 Å². The molecule has 0 atom stereocenters. The van der Waals surface area contributed by atoms with Crippen LogP contribution in [0.3, 0.4) is 0 Å². The van der Waals surface area contributed by atoms with Gasteiger partial charge in [0.2, 0.25) is 0 Å². The Labute approximate surface area is 171 Å². The van der Waals surface area contributed by atoms with Gasteiger partial charge in [0.1, 0.15) is 0 Å². The van der Waals surface area contributed by atoms with Crippen LogP contribution in [0.2, 0.25) is 0 Å². The minimum absolute atomic E-state index is 0. The maximum Gasteiger partial charge on any atom is 2.00 e. The fourth-order valence-corrected chi connectivity index (χ4v) is 3.85. The van der Waals surface area contributed by atoms with Gasteiger partial charge in [-0.05, 0) is 37.5 Å². The number of rotatable bonds is 9. The van der Waals surface area contributed by atoms with Crippen LogP contribution in [-0.2, 0) is 0 Å². The summed E-state index contributed by atoms with van der Waals surface area (Å²) in [5.74, 6) is 1.84. The van der Waals surface area contributed by atoms with Crippen LogP contribution in [0.4, 0.5) is 0 Å². The molecule has 0 nitrogen and oxygen atoms in total. The molecule has 0 unspecified atom stereocenters. The van der Waals surface area contributed by atoms with E-state index < -0.39 is 0 Å². The van der Waals surface area contributed by atoms with Gasteiger partial charge in [-0.2, -0.15) is 35.9 Å². The van der Waals surface area contributed by atoms with Gasteiger partial charge in [0.05, 0.1) is 0 Å². The first-order valence-corrected chi connectivity index (χ1v) is 9.36. The van der Waals surface area contributed by atoms with Crippen molar-refractivity contribution in [3.63, 3.8) is 0 Å². The summed E-state index contributed by atoms with van der Waals surface area (Å²) in [6.07, 6.45) is 17.3. The van der Waals surface area contributed by atoms with Crippen molar-refractivity contribution in [2.75, 3.05) is 0 Å². The number of benzene rings is 1. The number of halogens is 1. The molecular formula is C21H33BrMg. The standard InChI is InChI=1S/C21H33.BrH.Mg/c1-2-3-4-5-6-7-9-12-19-15-17-21(18-16-19)20-13-10-8-11-14-20;;/h10-11,13-14,19,21H,2-7,9,12,15-18H2,1H3;1H;/q-1;;+2/p-1. The van der Waals surface area contributed by atoms with E-state index in [0.717, 1.165) is 11.8 Å². The van der Waals surface area contributed by atoms with Crippen LogP contribution in [0, 0.1) is 12.0 Å². The molecule has 2 heteroatoms. The molecule has 0 amide bonds. The van der Waals surface area contributed by atoms with Gasteiger partial charge in [0.15, 0.2) is 0 Å². The van der Waals surface area contributed by atoms with E-state index in [1.54, 1.807) is 5.56 Å². The van der Waals surface area contributed by atoms with Crippen molar-refractivity contribution in [3.05, 3.63) is 35.9 Å². The Balaban J connectivity index is 0.00000242. The summed E-state index contributed by atoms with van der Waals surface area (Å²) >= 11 is 0. The first kappa shape index (κ1) is 23.5. The number of hydrogen-bond acceptors (Lipinski definition) is 0. The summed E-state index contributed by atoms with van der Waals surface area (Å²) in [5, 5.41) is 0. The minimum atomic E-state index is 0. The first-order chi connectivity index (χ1) is 10.4. The van der Waals surface area contributed by atoms with Crippen LogP contribution < -0.4 is 17.0 Å². The molecule has 1 aliphatic rings. The Bertz CT molecular complexity index is 357. The number of unbranched alkanes of at least 4 members (excludes halogenated alkanes) is 6. The molecule has 23 heavy (non-hydrogen) atoms. The van der Waals surface area contributed by atoms with Crippen LogP contribution in [-0.4, -0.2) is 23.1 Å². The molecule has 2 rings (SSSR count). The molecule has 0 bridgehead atoms. The van der Waals surface area contributed by atoms with Gasteiger partial charge < -0.3 is 17.0 Å². The Morgan fingerprint density at radius 2 is 1.43 bits per heavy atom. The molecule has 1 aromatic rings. The molecule has 0 heterocycles. The van der Waals surface area contributed by atoms with Crippen LogP contribution in [0.15, 0.2) is 24.3 Å². The summed E-state index contributed by atoms with van der Waals surface area (Å²) < 4.78 is 0. The van der Waals surface area contributed by atoms with Gasteiger partial charge in [-0.1, -0.05) is 58.3 Å². The Morgan fingerprint density at radius 1 is 0.870 bits per heavy atom. The molecular weight excluding hydrogens is 356 g/mol. The first-order valence-electron chi connectivity index (χ1n) is 9.36. The molecule has 0 spiro atoms. The fourth-order valence-electron chi connectivity index (χ4n) is 3.85. The molecule has 1 fully saturated rings. The second-order valence-electron chi connectivity index (χ2n) is 6.96. The van der Waals surface area contributed by atoms with Gasteiger partial charge in [-0.3, -0.25) is 0 Å². The van der Waals surface area contributed by atoms with Crippen molar-refractivity contribution in [2.45, 2.75) is 89.9 Å². The van der Waals surface area contributed by atoms with Gasteiger partial charge in [0, 0.05) is 0 Å². The van der Waals surface area contributed by atoms with Crippen LogP contribution in [0.1, 0.15) is 95.5 Å². The van der Waals surface area contributed by atoms with E-state index in [4.69, 9.17) is 0 Å². The predicted molar refractivity (Wildman–Crippen MR) is 98.3 cm³/mol. The second-order valence-corrected chi connectivity index (χ2v) is 6.96. The predicted octanol–water partition coefficient (Wildman–Crippen LogP) is 3.52. The van der Waals surface area contributed by atoms with Crippen molar-refractivity contribution < 1.29 is 17.0 Å². The second kappa shape index (κ2) is 14.8. The van der Waals surface area contributed by atoms with Crippen molar-refractivity contribution >= 4 is 23.1 Å². The third-order valence-electron chi connectivity index (χ3n) is 5.28. The van der Waals surface area contributed by atoms with E-state index in [1.165, 1.54) is 77.0 Å². The minimum Gasteiger partial charge on any atom is -1.00 e. The van der Waals surface area contributed by atoms with Crippen molar-refractivity contribution in [1.29, 1.82) is 0 Å². The van der Waals surface area contributed by atoms with E-state index in [2.05, 4.69) is 37.3 Å². The molecule has 126 valence electrons. The quantitative estimate of drug-likeness (QED) is 0.344. The number of hydrogen-bond donors (Lipinski definition) is 0. The summed E-state index contributed by atoms with van der Waals surface area (Å²) in [7, 11) is 0. The van der Waals surface area contributed by atoms with Gasteiger partial charge in [-0.15, -0.1) is 0 Å². The molecule has 0 N–H and O–H groups in total. The van der Waals surface area contributed by atoms with Crippen molar-refractivity contribution in [3.8, 4) is 0 Å². The maximum absolute atomic E-state index is 3.13. The summed E-state index contributed by atoms with van der Waals surface area (Å²) in [5.41, 5.74) is 1.54. The third-order valence-corrected chi connectivity index (χ3v) is 5.28. The molecule has 0 aliphatic heterocycles. The van der Waals surface area contributed by atoms with E-state index in [9.17, 15) is 0 Å². The zero-order chi connectivity index (χ0) is 14.8. The third kappa shape index (κ3) is 9.50. The van der Waals surface area contributed by atoms with Crippen LogP contribution in [0.5, 0.6) is 0 Å². The zero-order valence-electron chi connectivity index (χ0n) is 15.0. The average Bonchev–Trinajstić information content (AvgIpc) is 2.55. The largest absolute Gasteiger partial charge is 2.00 e. The normalized spacial score (nSPS) is 20.4. The van der Waals surface area contributed by atoms with E-state index in [0.29, 0.717) is 0 Å². The van der Waals surface area contributed by atoms with E-state index >= 15 is 0 Å². The Morgan fingerprint density at radius 3 is 2.04 bits per heavy atom. The summed E-state index contributed by atoms with van der Waals surface area (Å²) in [4.78, 5) is 0. The van der Waals surface area contributed by atoms with Crippen LogP contribution in [0.25, 0.3) is 0 Å². The smallest absolute Gasteiger partial charge is 1.00 e. The fraction of sp³-hybridized carbons (Fsp3) is 0.714. The monoisotopic (exact) mass is 388 g/mol. The topological polar surface area (TPSA) is 0 Å². The zero-order valence-corrected chi connectivity index (χ0v) is 18.0. The molecule has 1 aliphatic carbocycles. The Kier molecular flexibility index (Phi) is 15.1. The van der Waals surface area contributed by atoms with Crippen LogP contribution >= 0.6 is 0 Å². The molecule has 1 saturated carbocycles.